The standard InChI is InChI=1S/C15H16F2N2O6/c1-8(13(21)19-15(18)22)24-12(20)6-4-9-3-5-10(25-14(16)17)11(7-9)23-2/h3-8,14H,1-2H3,(H3,18,19,21,22)/b6-4+/t8-/m1/s1. The summed E-state index contributed by atoms with van der Waals surface area (Å²) in [5, 5.41) is 1.77. The zero-order valence-electron chi connectivity index (χ0n) is 13.3. The van der Waals surface area contributed by atoms with Gasteiger partial charge in [0.2, 0.25) is 0 Å². The van der Waals surface area contributed by atoms with Gasteiger partial charge in [0.05, 0.1) is 7.11 Å². The Kier molecular flexibility index (Phi) is 7.32. The molecule has 25 heavy (non-hydrogen) atoms. The van der Waals surface area contributed by atoms with Crippen LogP contribution in [-0.2, 0) is 14.3 Å². The smallest absolute Gasteiger partial charge is 0.387 e. The molecule has 136 valence electrons. The maximum atomic E-state index is 12.2. The number of hydrogen-bond donors (Lipinski definition) is 2. The van der Waals surface area contributed by atoms with Crippen LogP contribution in [0.3, 0.4) is 0 Å². The summed E-state index contributed by atoms with van der Waals surface area (Å²) < 4.78 is 38.4. The fourth-order valence-corrected chi connectivity index (χ4v) is 1.64. The van der Waals surface area contributed by atoms with E-state index in [0.717, 1.165) is 6.08 Å². The van der Waals surface area contributed by atoms with E-state index >= 15 is 0 Å². The van der Waals surface area contributed by atoms with Gasteiger partial charge in [0.1, 0.15) is 0 Å². The molecular formula is C15H16F2N2O6. The molecule has 0 bridgehead atoms. The topological polar surface area (TPSA) is 117 Å². The lowest BCUT2D eigenvalue weighted by Gasteiger charge is -2.11. The molecule has 0 fully saturated rings. The second-order valence-electron chi connectivity index (χ2n) is 4.55. The second-order valence-corrected chi connectivity index (χ2v) is 4.55. The minimum atomic E-state index is -3.00. The van der Waals surface area contributed by atoms with Crippen LogP contribution in [0.1, 0.15) is 12.5 Å². The van der Waals surface area contributed by atoms with E-state index < -0.39 is 30.6 Å². The molecule has 3 amide bonds. The molecule has 0 aliphatic carbocycles. The lowest BCUT2D eigenvalue weighted by atomic mass is 10.2. The summed E-state index contributed by atoms with van der Waals surface area (Å²) >= 11 is 0. The Morgan fingerprint density at radius 2 is 1.92 bits per heavy atom. The van der Waals surface area contributed by atoms with E-state index in [0.29, 0.717) is 5.56 Å². The van der Waals surface area contributed by atoms with Crippen LogP contribution in [0.2, 0.25) is 0 Å². The lowest BCUT2D eigenvalue weighted by molar-refractivity contribution is -0.149. The average Bonchev–Trinajstić information content (AvgIpc) is 2.52. The molecule has 8 nitrogen and oxygen atoms in total. The third-order valence-corrected chi connectivity index (χ3v) is 2.72. The fraction of sp³-hybridized carbons (Fsp3) is 0.267. The number of imide groups is 1. The predicted octanol–water partition coefficient (Wildman–Crippen LogP) is 1.44. The van der Waals surface area contributed by atoms with Gasteiger partial charge in [-0.15, -0.1) is 0 Å². The van der Waals surface area contributed by atoms with Crippen molar-refractivity contribution in [2.45, 2.75) is 19.6 Å². The van der Waals surface area contributed by atoms with Gasteiger partial charge in [-0.2, -0.15) is 8.78 Å². The van der Waals surface area contributed by atoms with Gasteiger partial charge >= 0.3 is 18.6 Å². The van der Waals surface area contributed by atoms with Gasteiger partial charge in [0.15, 0.2) is 17.6 Å². The minimum absolute atomic E-state index is 0.0463. The number of carbonyl (C=O) groups excluding carboxylic acids is 3. The number of methoxy groups -OCH3 is 1. The van der Waals surface area contributed by atoms with Gasteiger partial charge in [0, 0.05) is 6.08 Å². The van der Waals surface area contributed by atoms with Gasteiger partial charge < -0.3 is 19.9 Å². The Labute approximate surface area is 141 Å². The van der Waals surface area contributed by atoms with Crippen molar-refractivity contribution in [1.82, 2.24) is 5.32 Å². The first-order chi connectivity index (χ1) is 11.7. The number of alkyl halides is 2. The van der Waals surface area contributed by atoms with E-state index in [4.69, 9.17) is 15.2 Å². The number of hydrogen-bond acceptors (Lipinski definition) is 6. The number of urea groups is 1. The number of carbonyl (C=O) groups is 3. The number of rotatable bonds is 7. The predicted molar refractivity (Wildman–Crippen MR) is 81.9 cm³/mol. The largest absolute Gasteiger partial charge is 0.493 e. The number of primary amides is 1. The number of halogens is 2. The highest BCUT2D eigenvalue weighted by Crippen LogP contribution is 2.29. The average molecular weight is 358 g/mol. The number of nitrogens with one attached hydrogen (secondary N) is 1. The molecule has 10 heteroatoms. The number of benzene rings is 1. The van der Waals surface area contributed by atoms with Crippen molar-refractivity contribution < 1.29 is 37.4 Å². The zero-order valence-corrected chi connectivity index (χ0v) is 13.3. The quantitative estimate of drug-likeness (QED) is 0.563. The van der Waals surface area contributed by atoms with Crippen molar-refractivity contribution in [3.8, 4) is 11.5 Å². The number of amides is 3. The van der Waals surface area contributed by atoms with E-state index in [1.807, 2.05) is 0 Å². The van der Waals surface area contributed by atoms with Gasteiger partial charge in [0.25, 0.3) is 5.91 Å². The van der Waals surface area contributed by atoms with Crippen molar-refractivity contribution in [3.63, 3.8) is 0 Å². The van der Waals surface area contributed by atoms with Crippen LogP contribution in [0.25, 0.3) is 6.08 Å². The number of nitrogens with two attached hydrogens (primary N) is 1. The molecule has 0 spiro atoms. The summed E-state index contributed by atoms with van der Waals surface area (Å²) in [6.07, 6.45) is 1.09. The molecule has 0 heterocycles. The summed E-state index contributed by atoms with van der Waals surface area (Å²) in [7, 11) is 1.27. The first-order valence-corrected chi connectivity index (χ1v) is 6.84. The maximum Gasteiger partial charge on any atom is 0.387 e. The van der Waals surface area contributed by atoms with E-state index in [1.165, 1.54) is 38.3 Å². The first-order valence-electron chi connectivity index (χ1n) is 6.84. The molecule has 1 rings (SSSR count). The first kappa shape index (κ1) is 19.9. The van der Waals surface area contributed by atoms with Crippen molar-refractivity contribution >= 4 is 24.0 Å². The number of esters is 1. The Morgan fingerprint density at radius 1 is 1.24 bits per heavy atom. The van der Waals surface area contributed by atoms with Crippen LogP contribution in [0.4, 0.5) is 13.6 Å². The molecule has 0 radical (unpaired) electrons. The van der Waals surface area contributed by atoms with Crippen molar-refractivity contribution in [2.24, 2.45) is 5.73 Å². The molecule has 0 unspecified atom stereocenters. The third kappa shape index (κ3) is 6.85. The van der Waals surface area contributed by atoms with Gasteiger partial charge in [-0.25, -0.2) is 9.59 Å². The van der Waals surface area contributed by atoms with E-state index in [-0.39, 0.29) is 11.5 Å². The van der Waals surface area contributed by atoms with Gasteiger partial charge in [-0.3, -0.25) is 10.1 Å². The molecule has 1 atom stereocenters. The molecule has 0 saturated heterocycles. The Morgan fingerprint density at radius 3 is 2.48 bits per heavy atom. The molecule has 1 aromatic carbocycles. The summed E-state index contributed by atoms with van der Waals surface area (Å²) in [5.74, 6) is -1.84. The molecule has 0 aliphatic heterocycles. The number of ether oxygens (including phenoxy) is 3. The van der Waals surface area contributed by atoms with Crippen molar-refractivity contribution in [2.75, 3.05) is 7.11 Å². The Balaban J connectivity index is 2.72. The van der Waals surface area contributed by atoms with Crippen LogP contribution in [0.5, 0.6) is 11.5 Å². The van der Waals surface area contributed by atoms with Gasteiger partial charge in [-0.05, 0) is 30.7 Å². The zero-order chi connectivity index (χ0) is 19.0. The summed E-state index contributed by atoms with van der Waals surface area (Å²) in [5.41, 5.74) is 5.21. The van der Waals surface area contributed by atoms with Crippen LogP contribution < -0.4 is 20.5 Å². The minimum Gasteiger partial charge on any atom is -0.493 e. The lowest BCUT2D eigenvalue weighted by Crippen LogP contribution is -2.42. The molecular weight excluding hydrogens is 342 g/mol. The van der Waals surface area contributed by atoms with Gasteiger partial charge in [-0.1, -0.05) is 6.07 Å². The highest BCUT2D eigenvalue weighted by molar-refractivity contribution is 5.97. The second kappa shape index (κ2) is 9.21. The van der Waals surface area contributed by atoms with Crippen LogP contribution >= 0.6 is 0 Å². The molecule has 3 N–H and O–H groups in total. The monoisotopic (exact) mass is 358 g/mol. The van der Waals surface area contributed by atoms with Crippen molar-refractivity contribution in [1.29, 1.82) is 0 Å². The fourth-order valence-electron chi connectivity index (χ4n) is 1.64. The molecule has 0 saturated carbocycles. The normalized spacial score (nSPS) is 11.9. The maximum absolute atomic E-state index is 12.2. The van der Waals surface area contributed by atoms with Crippen LogP contribution in [-0.4, -0.2) is 37.7 Å². The summed E-state index contributed by atoms with van der Waals surface area (Å²) in [4.78, 5) is 33.5. The van der Waals surface area contributed by atoms with E-state index in [1.54, 1.807) is 5.32 Å². The van der Waals surface area contributed by atoms with Crippen molar-refractivity contribution in [3.05, 3.63) is 29.8 Å². The third-order valence-electron chi connectivity index (χ3n) is 2.72. The summed E-state index contributed by atoms with van der Waals surface area (Å²) in [6, 6.07) is 2.96. The molecule has 1 aromatic rings. The van der Waals surface area contributed by atoms with Crippen LogP contribution in [0, 0.1) is 0 Å². The SMILES string of the molecule is COc1cc(/C=C/C(=O)O[C@H](C)C(=O)NC(N)=O)ccc1OC(F)F. The summed E-state index contributed by atoms with van der Waals surface area (Å²) in [6.45, 7) is -1.75. The molecule has 0 aliphatic rings. The Hall–Kier alpha value is -3.17. The van der Waals surface area contributed by atoms with E-state index in [9.17, 15) is 23.2 Å². The molecule has 0 aromatic heterocycles. The highest BCUT2D eigenvalue weighted by Gasteiger charge is 2.17. The van der Waals surface area contributed by atoms with E-state index in [2.05, 4.69) is 4.74 Å². The Bertz CT molecular complexity index is 678. The van der Waals surface area contributed by atoms with Crippen LogP contribution in [0.15, 0.2) is 24.3 Å². The highest BCUT2D eigenvalue weighted by atomic mass is 19.3.